The predicted molar refractivity (Wildman–Crippen MR) is 118 cm³/mol. The van der Waals surface area contributed by atoms with Gasteiger partial charge >= 0.3 is 5.69 Å². The highest BCUT2D eigenvalue weighted by molar-refractivity contribution is 5.61. The molecule has 0 bridgehead atoms. The Morgan fingerprint density at radius 1 is 1.03 bits per heavy atom. The summed E-state index contributed by atoms with van der Waals surface area (Å²) in [6.07, 6.45) is 1.99. The quantitative estimate of drug-likeness (QED) is 0.478. The van der Waals surface area contributed by atoms with Crippen LogP contribution in [0, 0.1) is 13.8 Å². The summed E-state index contributed by atoms with van der Waals surface area (Å²) < 4.78 is 10.6. The van der Waals surface area contributed by atoms with Crippen LogP contribution in [0.25, 0.3) is 16.9 Å². The minimum atomic E-state index is -0.298. The van der Waals surface area contributed by atoms with Crippen molar-refractivity contribution in [1.29, 1.82) is 0 Å². The van der Waals surface area contributed by atoms with Crippen molar-refractivity contribution in [2.75, 3.05) is 0 Å². The van der Waals surface area contributed by atoms with Crippen molar-refractivity contribution in [2.24, 2.45) is 7.05 Å². The number of aryl methyl sites for hydroxylation is 3. The standard InChI is InChI=1S/C23H26N6O2/c1-15(2)28-12-11-20(24-28)18-9-10-22(17(4)13-18)31-14-19-16(3)7-6-8-21(19)29-23(30)27(5)25-26-29/h6-13,15H,14H2,1-5H3. The van der Waals surface area contributed by atoms with Gasteiger partial charge in [0.05, 0.1) is 11.4 Å². The Bertz CT molecular complexity index is 1280. The van der Waals surface area contributed by atoms with Gasteiger partial charge < -0.3 is 4.74 Å². The summed E-state index contributed by atoms with van der Waals surface area (Å²) in [4.78, 5) is 12.3. The number of aromatic nitrogens is 6. The normalized spacial score (nSPS) is 11.3. The molecule has 0 aliphatic rings. The molecule has 8 heteroatoms. The molecule has 0 atom stereocenters. The Morgan fingerprint density at radius 3 is 2.48 bits per heavy atom. The lowest BCUT2D eigenvalue weighted by Crippen LogP contribution is -2.23. The Morgan fingerprint density at radius 2 is 1.84 bits per heavy atom. The fourth-order valence-corrected chi connectivity index (χ4v) is 3.44. The number of benzene rings is 2. The van der Waals surface area contributed by atoms with E-state index < -0.39 is 0 Å². The summed E-state index contributed by atoms with van der Waals surface area (Å²) in [6, 6.07) is 14.1. The van der Waals surface area contributed by atoms with Gasteiger partial charge in [-0.15, -0.1) is 0 Å². The van der Waals surface area contributed by atoms with Gasteiger partial charge in [0.1, 0.15) is 12.4 Å². The molecule has 2 aromatic carbocycles. The lowest BCUT2D eigenvalue weighted by Gasteiger charge is -2.14. The smallest absolute Gasteiger partial charge is 0.368 e. The zero-order chi connectivity index (χ0) is 22.1. The van der Waals surface area contributed by atoms with Crippen LogP contribution in [0.3, 0.4) is 0 Å². The maximum absolute atomic E-state index is 12.3. The van der Waals surface area contributed by atoms with E-state index in [4.69, 9.17) is 4.74 Å². The van der Waals surface area contributed by atoms with Gasteiger partial charge in [0.15, 0.2) is 0 Å². The Kier molecular flexibility index (Phi) is 5.46. The average Bonchev–Trinajstić information content (AvgIpc) is 3.36. The van der Waals surface area contributed by atoms with E-state index in [1.54, 1.807) is 7.05 Å². The third-order valence-electron chi connectivity index (χ3n) is 5.32. The molecule has 4 aromatic rings. The molecule has 2 aromatic heterocycles. The highest BCUT2D eigenvalue weighted by Gasteiger charge is 2.14. The van der Waals surface area contributed by atoms with Crippen LogP contribution in [-0.2, 0) is 13.7 Å². The number of ether oxygens (including phenoxy) is 1. The predicted octanol–water partition coefficient (Wildman–Crippen LogP) is 3.61. The van der Waals surface area contributed by atoms with Crippen LogP contribution in [0.15, 0.2) is 53.5 Å². The van der Waals surface area contributed by atoms with Crippen LogP contribution in [0.4, 0.5) is 0 Å². The lowest BCUT2D eigenvalue weighted by molar-refractivity contribution is 0.302. The molecule has 0 saturated carbocycles. The van der Waals surface area contributed by atoms with Crippen LogP contribution in [-0.4, -0.2) is 29.6 Å². The molecule has 8 nitrogen and oxygen atoms in total. The van der Waals surface area contributed by atoms with Crippen LogP contribution in [0.2, 0.25) is 0 Å². The molecule has 0 amide bonds. The van der Waals surface area contributed by atoms with E-state index in [0.717, 1.165) is 33.7 Å². The average molecular weight is 419 g/mol. The van der Waals surface area contributed by atoms with E-state index >= 15 is 0 Å². The van der Waals surface area contributed by atoms with Gasteiger partial charge in [-0.3, -0.25) is 4.68 Å². The fourth-order valence-electron chi connectivity index (χ4n) is 3.44. The molecule has 0 radical (unpaired) electrons. The molecular formula is C23H26N6O2. The highest BCUT2D eigenvalue weighted by atomic mass is 16.5. The third-order valence-corrected chi connectivity index (χ3v) is 5.32. The molecule has 0 N–H and O–H groups in total. The molecule has 0 unspecified atom stereocenters. The summed E-state index contributed by atoms with van der Waals surface area (Å²) in [7, 11) is 1.58. The molecule has 31 heavy (non-hydrogen) atoms. The van der Waals surface area contributed by atoms with Gasteiger partial charge in [-0.05, 0) is 79.6 Å². The van der Waals surface area contributed by atoms with Gasteiger partial charge in [0, 0.05) is 30.4 Å². The number of rotatable bonds is 6. The molecule has 0 saturated heterocycles. The summed E-state index contributed by atoms with van der Waals surface area (Å²) in [5.41, 5.74) is 5.29. The van der Waals surface area contributed by atoms with Crippen molar-refractivity contribution in [1.82, 2.24) is 29.6 Å². The zero-order valence-electron chi connectivity index (χ0n) is 18.4. The minimum Gasteiger partial charge on any atom is -0.489 e. The SMILES string of the molecule is Cc1cc(-c2ccn(C(C)C)n2)ccc1OCc1c(C)cccc1-n1nnn(C)c1=O. The van der Waals surface area contributed by atoms with Gasteiger partial charge in [0.25, 0.3) is 0 Å². The molecule has 0 spiro atoms. The fraction of sp³-hybridized carbons (Fsp3) is 0.304. The van der Waals surface area contributed by atoms with E-state index in [1.165, 1.54) is 9.36 Å². The monoisotopic (exact) mass is 418 g/mol. The van der Waals surface area contributed by atoms with Crippen LogP contribution >= 0.6 is 0 Å². The molecule has 4 rings (SSSR count). The van der Waals surface area contributed by atoms with Crippen molar-refractivity contribution in [3.8, 4) is 22.7 Å². The maximum atomic E-state index is 12.3. The summed E-state index contributed by atoms with van der Waals surface area (Å²) in [5.74, 6) is 0.785. The van der Waals surface area contributed by atoms with Gasteiger partial charge in [0.2, 0.25) is 0 Å². The van der Waals surface area contributed by atoms with Gasteiger partial charge in [-0.2, -0.15) is 14.5 Å². The second kappa shape index (κ2) is 8.22. The first-order valence-corrected chi connectivity index (χ1v) is 10.2. The van der Waals surface area contributed by atoms with E-state index in [-0.39, 0.29) is 5.69 Å². The molecule has 0 fully saturated rings. The number of nitrogens with zero attached hydrogens (tertiary/aromatic N) is 6. The third kappa shape index (κ3) is 4.01. The highest BCUT2D eigenvalue weighted by Crippen LogP contribution is 2.27. The largest absolute Gasteiger partial charge is 0.489 e. The molecule has 160 valence electrons. The van der Waals surface area contributed by atoms with Crippen LogP contribution < -0.4 is 10.4 Å². The lowest BCUT2D eigenvalue weighted by atomic mass is 10.1. The van der Waals surface area contributed by atoms with E-state index in [0.29, 0.717) is 18.3 Å². The first-order valence-electron chi connectivity index (χ1n) is 10.2. The Balaban J connectivity index is 1.59. The van der Waals surface area contributed by atoms with Crippen molar-refractivity contribution >= 4 is 0 Å². The van der Waals surface area contributed by atoms with E-state index in [2.05, 4.69) is 35.4 Å². The zero-order valence-corrected chi connectivity index (χ0v) is 18.4. The number of tetrazole rings is 1. The van der Waals surface area contributed by atoms with Gasteiger partial charge in [-0.1, -0.05) is 12.1 Å². The van der Waals surface area contributed by atoms with E-state index in [1.807, 2.05) is 61.1 Å². The number of hydrogen-bond donors (Lipinski definition) is 0. The molecular weight excluding hydrogens is 392 g/mol. The summed E-state index contributed by atoms with van der Waals surface area (Å²) in [6.45, 7) is 8.53. The first-order chi connectivity index (χ1) is 14.8. The summed E-state index contributed by atoms with van der Waals surface area (Å²) in [5, 5.41) is 12.4. The molecule has 0 aliphatic heterocycles. The maximum Gasteiger partial charge on any atom is 0.368 e. The minimum absolute atomic E-state index is 0.298. The van der Waals surface area contributed by atoms with Crippen molar-refractivity contribution in [3.05, 3.63) is 75.8 Å². The Hall–Kier alpha value is -3.68. The van der Waals surface area contributed by atoms with Gasteiger partial charge in [-0.25, -0.2) is 4.79 Å². The van der Waals surface area contributed by atoms with Crippen molar-refractivity contribution < 1.29 is 4.74 Å². The first kappa shape index (κ1) is 20.6. The van der Waals surface area contributed by atoms with Crippen molar-refractivity contribution in [2.45, 2.75) is 40.3 Å². The topological polar surface area (TPSA) is 79.8 Å². The second-order valence-corrected chi connectivity index (χ2v) is 7.91. The number of hydrogen-bond acceptors (Lipinski definition) is 5. The molecule has 2 heterocycles. The van der Waals surface area contributed by atoms with Crippen LogP contribution in [0.1, 0.15) is 36.6 Å². The van der Waals surface area contributed by atoms with Crippen LogP contribution in [0.5, 0.6) is 5.75 Å². The van der Waals surface area contributed by atoms with E-state index in [9.17, 15) is 4.79 Å². The molecule has 0 aliphatic carbocycles. The second-order valence-electron chi connectivity index (χ2n) is 7.91. The van der Waals surface area contributed by atoms with Crippen molar-refractivity contribution in [3.63, 3.8) is 0 Å². The summed E-state index contributed by atoms with van der Waals surface area (Å²) >= 11 is 0. The Labute approximate surface area is 180 Å².